The molecule has 0 fully saturated rings. The summed E-state index contributed by atoms with van der Waals surface area (Å²) in [6, 6.07) is 4.99. The highest BCUT2D eigenvalue weighted by atomic mass is 35.5. The van der Waals surface area contributed by atoms with Gasteiger partial charge in [0.1, 0.15) is 5.65 Å². The lowest BCUT2D eigenvalue weighted by atomic mass is 10.4. The lowest BCUT2D eigenvalue weighted by Gasteiger charge is -2.03. The molecule has 120 valence electrons. The van der Waals surface area contributed by atoms with Gasteiger partial charge in [-0.25, -0.2) is 4.98 Å². The minimum absolute atomic E-state index is 0.135. The van der Waals surface area contributed by atoms with Crippen LogP contribution in [0.3, 0.4) is 0 Å². The first-order chi connectivity index (χ1) is 11.2. The average Bonchev–Trinajstić information content (AvgIpc) is 2.99. The van der Waals surface area contributed by atoms with E-state index in [9.17, 15) is 4.79 Å². The van der Waals surface area contributed by atoms with Gasteiger partial charge in [0.2, 0.25) is 0 Å². The van der Waals surface area contributed by atoms with E-state index in [-0.39, 0.29) is 5.56 Å². The first kappa shape index (κ1) is 16.8. The Balaban J connectivity index is 1.73. The molecule has 0 aliphatic rings. The van der Waals surface area contributed by atoms with Crippen molar-refractivity contribution in [3.63, 3.8) is 0 Å². The Labute approximate surface area is 150 Å². The van der Waals surface area contributed by atoms with Crippen molar-refractivity contribution >= 4 is 52.1 Å². The van der Waals surface area contributed by atoms with E-state index in [1.807, 2.05) is 0 Å². The highest BCUT2D eigenvalue weighted by Crippen LogP contribution is 2.30. The summed E-state index contributed by atoms with van der Waals surface area (Å²) in [5.74, 6) is 1.63. The summed E-state index contributed by atoms with van der Waals surface area (Å²) >= 11 is 10.7. The van der Waals surface area contributed by atoms with E-state index in [0.29, 0.717) is 16.4 Å². The second-order valence-electron chi connectivity index (χ2n) is 4.63. The van der Waals surface area contributed by atoms with Crippen molar-refractivity contribution in [2.75, 3.05) is 5.75 Å². The third kappa shape index (κ3) is 4.26. The fraction of sp³-hybridized carbons (Fsp3) is 0.286. The summed E-state index contributed by atoms with van der Waals surface area (Å²) in [4.78, 5) is 16.6. The Kier molecular flexibility index (Phi) is 5.58. The number of pyridine rings is 1. The van der Waals surface area contributed by atoms with Crippen LogP contribution in [-0.2, 0) is 5.75 Å². The molecule has 3 heterocycles. The summed E-state index contributed by atoms with van der Waals surface area (Å²) in [6.45, 7) is 2.14. The number of fused-ring (bicyclic) bond motifs is 1. The number of hydrogen-bond donors (Lipinski definition) is 0. The van der Waals surface area contributed by atoms with Crippen LogP contribution in [0.15, 0.2) is 37.9 Å². The zero-order valence-corrected chi connectivity index (χ0v) is 15.4. The largest absolute Gasteiger partial charge is 0.269 e. The fourth-order valence-electron chi connectivity index (χ4n) is 1.84. The van der Waals surface area contributed by atoms with Gasteiger partial charge in [-0.05, 0) is 18.6 Å². The van der Waals surface area contributed by atoms with Gasteiger partial charge in [0.05, 0.1) is 10.7 Å². The van der Waals surface area contributed by atoms with Gasteiger partial charge in [0, 0.05) is 23.8 Å². The Morgan fingerprint density at radius 2 is 2.04 bits per heavy atom. The van der Waals surface area contributed by atoms with E-state index in [1.165, 1.54) is 10.5 Å². The van der Waals surface area contributed by atoms with Gasteiger partial charge in [-0.3, -0.25) is 9.20 Å². The van der Waals surface area contributed by atoms with Crippen molar-refractivity contribution in [1.29, 1.82) is 0 Å². The maximum absolute atomic E-state index is 12.1. The van der Waals surface area contributed by atoms with Crippen LogP contribution in [0.2, 0.25) is 5.02 Å². The van der Waals surface area contributed by atoms with Gasteiger partial charge in [-0.1, -0.05) is 53.4 Å². The second-order valence-corrected chi connectivity index (χ2v) is 8.61. The van der Waals surface area contributed by atoms with Crippen molar-refractivity contribution in [2.24, 2.45) is 0 Å². The topological polar surface area (TPSA) is 60.2 Å². The van der Waals surface area contributed by atoms with E-state index in [2.05, 4.69) is 22.1 Å². The molecule has 0 atom stereocenters. The van der Waals surface area contributed by atoms with Gasteiger partial charge in [0.15, 0.2) is 8.68 Å². The second kappa shape index (κ2) is 7.65. The molecule has 0 bridgehead atoms. The minimum Gasteiger partial charge on any atom is -0.269 e. The molecule has 5 nitrogen and oxygen atoms in total. The van der Waals surface area contributed by atoms with E-state index >= 15 is 0 Å². The molecule has 0 radical (unpaired) electrons. The third-order valence-electron chi connectivity index (χ3n) is 2.84. The van der Waals surface area contributed by atoms with Crippen LogP contribution in [0, 0.1) is 0 Å². The molecule has 0 aliphatic carbocycles. The van der Waals surface area contributed by atoms with Crippen molar-refractivity contribution in [3.05, 3.63) is 45.5 Å². The molecule has 0 aliphatic heterocycles. The summed E-state index contributed by atoms with van der Waals surface area (Å²) in [7, 11) is 0. The molecule has 0 spiro atoms. The Morgan fingerprint density at radius 3 is 2.83 bits per heavy atom. The molecule has 23 heavy (non-hydrogen) atoms. The highest BCUT2D eigenvalue weighted by Gasteiger charge is 2.08. The third-order valence-corrected chi connectivity index (χ3v) is 6.49. The predicted octanol–water partition coefficient (Wildman–Crippen LogP) is 3.99. The molecule has 0 saturated carbocycles. The maximum atomic E-state index is 12.1. The van der Waals surface area contributed by atoms with Gasteiger partial charge in [0.25, 0.3) is 5.56 Å². The molecule has 3 aromatic rings. The Bertz CT molecular complexity index is 880. The van der Waals surface area contributed by atoms with Crippen molar-refractivity contribution in [1.82, 2.24) is 19.6 Å². The molecule has 3 rings (SSSR count). The smallest absolute Gasteiger partial charge is 0.258 e. The first-order valence-electron chi connectivity index (χ1n) is 6.92. The van der Waals surface area contributed by atoms with Gasteiger partial charge in [-0.15, -0.1) is 10.2 Å². The molecule has 0 unspecified atom stereocenters. The van der Waals surface area contributed by atoms with Crippen LogP contribution in [0.25, 0.3) is 5.65 Å². The van der Waals surface area contributed by atoms with Crippen LogP contribution in [0.1, 0.15) is 19.0 Å². The van der Waals surface area contributed by atoms with Crippen LogP contribution < -0.4 is 5.56 Å². The summed E-state index contributed by atoms with van der Waals surface area (Å²) in [6.07, 6.45) is 2.69. The quantitative estimate of drug-likeness (QED) is 0.599. The van der Waals surface area contributed by atoms with Crippen molar-refractivity contribution < 1.29 is 0 Å². The zero-order chi connectivity index (χ0) is 16.2. The Hall–Kier alpha value is -1.09. The molecule has 0 saturated heterocycles. The molecular weight excluding hydrogens is 372 g/mol. The number of nitrogens with zero attached hydrogens (tertiary/aromatic N) is 4. The van der Waals surface area contributed by atoms with Gasteiger partial charge < -0.3 is 0 Å². The fourth-order valence-corrected chi connectivity index (χ4v) is 4.84. The lowest BCUT2D eigenvalue weighted by Crippen LogP contribution is -2.14. The first-order valence-corrected chi connectivity index (χ1v) is 10.1. The van der Waals surface area contributed by atoms with Crippen LogP contribution >= 0.6 is 46.5 Å². The Morgan fingerprint density at radius 1 is 1.26 bits per heavy atom. The van der Waals surface area contributed by atoms with E-state index in [0.717, 1.165) is 26.5 Å². The zero-order valence-electron chi connectivity index (χ0n) is 12.2. The van der Waals surface area contributed by atoms with Crippen LogP contribution in [-0.4, -0.2) is 25.3 Å². The highest BCUT2D eigenvalue weighted by molar-refractivity contribution is 8.02. The van der Waals surface area contributed by atoms with E-state index in [1.54, 1.807) is 53.2 Å². The summed E-state index contributed by atoms with van der Waals surface area (Å²) in [5.41, 5.74) is 1.18. The molecule has 0 amide bonds. The predicted molar refractivity (Wildman–Crippen MR) is 97.0 cm³/mol. The molecular formula is C14H13ClN4OS3. The number of thioether (sulfide) groups is 2. The average molecular weight is 385 g/mol. The van der Waals surface area contributed by atoms with Crippen molar-refractivity contribution in [3.8, 4) is 0 Å². The monoisotopic (exact) mass is 384 g/mol. The van der Waals surface area contributed by atoms with E-state index < -0.39 is 0 Å². The maximum Gasteiger partial charge on any atom is 0.258 e. The molecule has 0 aromatic carbocycles. The van der Waals surface area contributed by atoms with Crippen LogP contribution in [0.5, 0.6) is 0 Å². The number of hydrogen-bond acceptors (Lipinski definition) is 7. The standard InChI is InChI=1S/C14H13ClN4OS3/c1-2-5-21-13-17-18-14(23-13)22-8-10-6-12(20)19-7-9(15)3-4-11(19)16-10/h3-4,6-7H,2,5,8H2,1H3. The molecule has 9 heteroatoms. The number of halogens is 1. The van der Waals surface area contributed by atoms with Crippen molar-refractivity contribution in [2.45, 2.75) is 27.8 Å². The summed E-state index contributed by atoms with van der Waals surface area (Å²) < 4.78 is 3.32. The van der Waals surface area contributed by atoms with Crippen LogP contribution in [0.4, 0.5) is 0 Å². The lowest BCUT2D eigenvalue weighted by molar-refractivity contribution is 0.951. The number of rotatable bonds is 6. The van der Waals surface area contributed by atoms with Gasteiger partial charge >= 0.3 is 0 Å². The molecule has 3 aromatic heterocycles. The summed E-state index contributed by atoms with van der Waals surface area (Å²) in [5, 5.41) is 8.82. The SMILES string of the molecule is CCCSc1nnc(SCc2cc(=O)n3cc(Cl)ccc3n2)s1. The van der Waals surface area contributed by atoms with E-state index in [4.69, 9.17) is 11.6 Å². The number of aromatic nitrogens is 4. The minimum atomic E-state index is -0.135. The van der Waals surface area contributed by atoms with Gasteiger partial charge in [-0.2, -0.15) is 0 Å². The normalized spacial score (nSPS) is 11.2. The molecule has 0 N–H and O–H groups in total.